The summed E-state index contributed by atoms with van der Waals surface area (Å²) in [6.45, 7) is 4.04. The zero-order valence-electron chi connectivity index (χ0n) is 11.1. The minimum atomic E-state index is 0.251. The first-order chi connectivity index (χ1) is 8.72. The fourth-order valence-corrected chi connectivity index (χ4v) is 2.81. The maximum atomic E-state index is 10.1. The predicted molar refractivity (Wildman–Crippen MR) is 72.6 cm³/mol. The first-order valence-corrected chi connectivity index (χ1v) is 6.84. The Kier molecular flexibility index (Phi) is 4.61. The average molecular weight is 249 g/mol. The van der Waals surface area contributed by atoms with Gasteiger partial charge in [-0.25, -0.2) is 0 Å². The van der Waals surface area contributed by atoms with Crippen molar-refractivity contribution in [2.45, 2.75) is 45.2 Å². The molecule has 0 saturated carbocycles. The van der Waals surface area contributed by atoms with Gasteiger partial charge in [0.25, 0.3) is 0 Å². The molecule has 1 saturated heterocycles. The quantitative estimate of drug-likeness (QED) is 0.861. The van der Waals surface area contributed by atoms with E-state index in [4.69, 9.17) is 5.11 Å². The summed E-state index contributed by atoms with van der Waals surface area (Å²) < 4.78 is 0. The van der Waals surface area contributed by atoms with Crippen LogP contribution in [0.1, 0.15) is 36.8 Å². The number of benzene rings is 1. The van der Waals surface area contributed by atoms with E-state index in [0.29, 0.717) is 11.8 Å². The lowest BCUT2D eigenvalue weighted by molar-refractivity contribution is 0.111. The minimum absolute atomic E-state index is 0.251. The van der Waals surface area contributed by atoms with Gasteiger partial charge in [-0.3, -0.25) is 4.90 Å². The summed E-state index contributed by atoms with van der Waals surface area (Å²) in [5.41, 5.74) is 1.93. The summed E-state index contributed by atoms with van der Waals surface area (Å²) in [6, 6.07) is 6.38. The summed E-state index contributed by atoms with van der Waals surface area (Å²) in [6.07, 6.45) is 4.47. The Labute approximate surface area is 109 Å². The van der Waals surface area contributed by atoms with E-state index < -0.39 is 0 Å². The van der Waals surface area contributed by atoms with Crippen molar-refractivity contribution < 1.29 is 10.2 Å². The van der Waals surface area contributed by atoms with Crippen LogP contribution in [0.25, 0.3) is 0 Å². The Morgan fingerprint density at radius 3 is 2.94 bits per heavy atom. The lowest BCUT2D eigenvalue weighted by Crippen LogP contribution is -2.39. The van der Waals surface area contributed by atoms with Crippen LogP contribution < -0.4 is 0 Å². The molecule has 3 nitrogen and oxygen atoms in total. The van der Waals surface area contributed by atoms with E-state index in [1.807, 2.05) is 25.1 Å². The number of para-hydroxylation sites is 1. The molecule has 2 N–H and O–H groups in total. The van der Waals surface area contributed by atoms with Gasteiger partial charge in [-0.2, -0.15) is 0 Å². The molecule has 18 heavy (non-hydrogen) atoms. The minimum Gasteiger partial charge on any atom is -0.507 e. The molecule has 1 fully saturated rings. The van der Waals surface area contributed by atoms with Gasteiger partial charge >= 0.3 is 0 Å². The SMILES string of the molecule is Cc1cccc(CN2CCCCC2CCO)c1O. The molecule has 1 aromatic carbocycles. The number of aliphatic hydroxyl groups is 1. The number of piperidine rings is 1. The second kappa shape index (κ2) is 6.21. The normalized spacial score (nSPS) is 21.1. The number of aromatic hydroxyl groups is 1. The van der Waals surface area contributed by atoms with Crippen LogP contribution in [0.15, 0.2) is 18.2 Å². The van der Waals surface area contributed by atoms with Gasteiger partial charge in [-0.15, -0.1) is 0 Å². The number of aliphatic hydroxyl groups excluding tert-OH is 1. The van der Waals surface area contributed by atoms with Crippen molar-refractivity contribution >= 4 is 0 Å². The Morgan fingerprint density at radius 1 is 1.33 bits per heavy atom. The van der Waals surface area contributed by atoms with Crippen LogP contribution in [0.4, 0.5) is 0 Å². The molecule has 1 aliphatic rings. The van der Waals surface area contributed by atoms with E-state index in [1.54, 1.807) is 0 Å². The summed E-state index contributed by atoms with van der Waals surface area (Å²) in [7, 11) is 0. The van der Waals surface area contributed by atoms with E-state index in [-0.39, 0.29) is 6.61 Å². The maximum Gasteiger partial charge on any atom is 0.122 e. The third kappa shape index (κ3) is 3.03. The summed E-state index contributed by atoms with van der Waals surface area (Å²) >= 11 is 0. The Bertz CT molecular complexity index is 390. The van der Waals surface area contributed by atoms with Crippen LogP contribution >= 0.6 is 0 Å². The number of aryl methyl sites for hydroxylation is 1. The molecule has 1 heterocycles. The molecule has 0 spiro atoms. The van der Waals surface area contributed by atoms with Gasteiger partial charge in [0.05, 0.1) is 0 Å². The molecule has 0 radical (unpaired) electrons. The van der Waals surface area contributed by atoms with Gasteiger partial charge in [0.1, 0.15) is 5.75 Å². The Morgan fingerprint density at radius 2 is 2.17 bits per heavy atom. The van der Waals surface area contributed by atoms with Crippen LogP contribution in [-0.4, -0.2) is 34.3 Å². The number of rotatable bonds is 4. The molecule has 1 aliphatic heterocycles. The van der Waals surface area contributed by atoms with Gasteiger partial charge in [-0.05, 0) is 38.3 Å². The van der Waals surface area contributed by atoms with Gasteiger partial charge in [0.2, 0.25) is 0 Å². The second-order valence-corrected chi connectivity index (χ2v) is 5.22. The predicted octanol–water partition coefficient (Wildman–Crippen LogP) is 2.44. The highest BCUT2D eigenvalue weighted by Crippen LogP contribution is 2.27. The largest absolute Gasteiger partial charge is 0.507 e. The standard InChI is InChI=1S/C15H23NO2/c1-12-5-4-6-13(15(12)18)11-16-9-3-2-7-14(16)8-10-17/h4-6,14,17-18H,2-3,7-11H2,1H3. The summed E-state index contributed by atoms with van der Waals surface area (Å²) in [5, 5.41) is 19.2. The fourth-order valence-electron chi connectivity index (χ4n) is 2.81. The highest BCUT2D eigenvalue weighted by molar-refractivity contribution is 5.39. The maximum absolute atomic E-state index is 10.1. The van der Waals surface area contributed by atoms with E-state index in [0.717, 1.165) is 37.1 Å². The number of nitrogens with zero attached hydrogens (tertiary/aromatic N) is 1. The van der Waals surface area contributed by atoms with Crippen molar-refractivity contribution in [3.63, 3.8) is 0 Å². The highest BCUT2D eigenvalue weighted by atomic mass is 16.3. The number of hydrogen-bond acceptors (Lipinski definition) is 3. The summed E-state index contributed by atoms with van der Waals surface area (Å²) in [5.74, 6) is 0.422. The van der Waals surface area contributed by atoms with Crippen molar-refractivity contribution in [3.8, 4) is 5.75 Å². The van der Waals surface area contributed by atoms with Crippen LogP contribution in [0, 0.1) is 6.92 Å². The van der Waals surface area contributed by atoms with E-state index in [9.17, 15) is 5.11 Å². The Hall–Kier alpha value is -1.06. The van der Waals surface area contributed by atoms with Crippen LogP contribution in [-0.2, 0) is 6.54 Å². The molecule has 100 valence electrons. The average Bonchev–Trinajstić information content (AvgIpc) is 2.37. The van der Waals surface area contributed by atoms with Gasteiger partial charge in [0.15, 0.2) is 0 Å². The van der Waals surface area contributed by atoms with Crippen molar-refractivity contribution in [2.24, 2.45) is 0 Å². The smallest absolute Gasteiger partial charge is 0.122 e. The molecule has 1 aromatic rings. The van der Waals surface area contributed by atoms with Crippen molar-refractivity contribution in [3.05, 3.63) is 29.3 Å². The third-order valence-corrected chi connectivity index (χ3v) is 3.91. The number of phenolic OH excluding ortho intramolecular Hbond substituents is 1. The van der Waals surface area contributed by atoms with Crippen LogP contribution in [0.2, 0.25) is 0 Å². The first kappa shape index (κ1) is 13.4. The van der Waals surface area contributed by atoms with Crippen molar-refractivity contribution in [1.29, 1.82) is 0 Å². The van der Waals surface area contributed by atoms with Gasteiger partial charge in [0, 0.05) is 24.8 Å². The molecule has 0 bridgehead atoms. The lowest BCUT2D eigenvalue weighted by atomic mass is 9.98. The Balaban J connectivity index is 2.08. The zero-order valence-corrected chi connectivity index (χ0v) is 11.1. The lowest BCUT2D eigenvalue weighted by Gasteiger charge is -2.35. The van der Waals surface area contributed by atoms with E-state index >= 15 is 0 Å². The van der Waals surface area contributed by atoms with E-state index in [1.165, 1.54) is 12.8 Å². The highest BCUT2D eigenvalue weighted by Gasteiger charge is 2.22. The van der Waals surface area contributed by atoms with E-state index in [2.05, 4.69) is 4.90 Å². The number of phenols is 1. The fraction of sp³-hybridized carbons (Fsp3) is 0.600. The molecule has 0 amide bonds. The second-order valence-electron chi connectivity index (χ2n) is 5.22. The molecule has 0 aliphatic carbocycles. The molecular formula is C15H23NO2. The van der Waals surface area contributed by atoms with Crippen molar-refractivity contribution in [1.82, 2.24) is 4.90 Å². The van der Waals surface area contributed by atoms with Gasteiger partial charge < -0.3 is 10.2 Å². The molecular weight excluding hydrogens is 226 g/mol. The molecule has 0 aromatic heterocycles. The molecule has 1 atom stereocenters. The van der Waals surface area contributed by atoms with Crippen LogP contribution in [0.5, 0.6) is 5.75 Å². The zero-order chi connectivity index (χ0) is 13.0. The monoisotopic (exact) mass is 249 g/mol. The number of likely N-dealkylation sites (tertiary alicyclic amines) is 1. The van der Waals surface area contributed by atoms with Gasteiger partial charge in [-0.1, -0.05) is 24.6 Å². The molecule has 2 rings (SSSR count). The number of hydrogen-bond donors (Lipinski definition) is 2. The van der Waals surface area contributed by atoms with Crippen LogP contribution in [0.3, 0.4) is 0 Å². The molecule has 3 heteroatoms. The topological polar surface area (TPSA) is 43.7 Å². The molecule has 1 unspecified atom stereocenters. The van der Waals surface area contributed by atoms with Crippen molar-refractivity contribution in [2.75, 3.05) is 13.2 Å². The summed E-state index contributed by atoms with van der Waals surface area (Å²) in [4.78, 5) is 2.40. The third-order valence-electron chi connectivity index (χ3n) is 3.91. The first-order valence-electron chi connectivity index (χ1n) is 6.84.